The Morgan fingerprint density at radius 2 is 2.11 bits per heavy atom. The van der Waals surface area contributed by atoms with Crippen LogP contribution >= 0.6 is 11.6 Å². The van der Waals surface area contributed by atoms with Gasteiger partial charge < -0.3 is 4.74 Å². The van der Waals surface area contributed by atoms with Crippen LogP contribution in [0.2, 0.25) is 5.02 Å². The normalized spacial score (nSPS) is 11.4. The summed E-state index contributed by atoms with van der Waals surface area (Å²) in [6.07, 6.45) is 0. The van der Waals surface area contributed by atoms with Gasteiger partial charge in [0, 0.05) is 28.5 Å². The highest BCUT2D eigenvalue weighted by atomic mass is 35.5. The fourth-order valence-electron chi connectivity index (χ4n) is 2.94. The SMILES string of the molecule is CC(=O)OCC(F)(F)c1ccc2c(C)nn(Cc3c(Cl)cccc3C#N)c2c1. The van der Waals surface area contributed by atoms with Crippen LogP contribution in [0.4, 0.5) is 8.78 Å². The smallest absolute Gasteiger partial charge is 0.306 e. The Kier molecular flexibility index (Phi) is 5.34. The Morgan fingerprint density at radius 1 is 1.36 bits per heavy atom. The number of aromatic nitrogens is 2. The summed E-state index contributed by atoms with van der Waals surface area (Å²) in [4.78, 5) is 10.9. The lowest BCUT2D eigenvalue weighted by molar-refractivity contribution is -0.153. The second-order valence-corrected chi connectivity index (χ2v) is 6.74. The molecule has 0 atom stereocenters. The number of nitrogens with zero attached hydrogens (tertiary/aromatic N) is 3. The summed E-state index contributed by atoms with van der Waals surface area (Å²) in [7, 11) is 0. The maximum Gasteiger partial charge on any atom is 0.306 e. The Bertz CT molecular complexity index is 1100. The summed E-state index contributed by atoms with van der Waals surface area (Å²) in [5.74, 6) is -4.12. The first-order valence-corrected chi connectivity index (χ1v) is 8.77. The largest absolute Gasteiger partial charge is 0.459 e. The molecule has 0 amide bonds. The molecule has 0 saturated carbocycles. The molecule has 0 fully saturated rings. The Morgan fingerprint density at radius 3 is 2.79 bits per heavy atom. The number of benzene rings is 2. The highest BCUT2D eigenvalue weighted by Gasteiger charge is 2.34. The van der Waals surface area contributed by atoms with E-state index in [1.807, 2.05) is 0 Å². The van der Waals surface area contributed by atoms with E-state index in [2.05, 4.69) is 15.9 Å². The lowest BCUT2D eigenvalue weighted by atomic mass is 10.1. The average molecular weight is 404 g/mol. The summed E-state index contributed by atoms with van der Waals surface area (Å²) < 4.78 is 34.9. The van der Waals surface area contributed by atoms with Crippen LogP contribution in [0.25, 0.3) is 10.9 Å². The van der Waals surface area contributed by atoms with E-state index >= 15 is 0 Å². The van der Waals surface area contributed by atoms with Gasteiger partial charge in [-0.15, -0.1) is 0 Å². The summed E-state index contributed by atoms with van der Waals surface area (Å²) in [5, 5.41) is 14.8. The lowest BCUT2D eigenvalue weighted by Crippen LogP contribution is -2.22. The number of hydrogen-bond donors (Lipinski definition) is 0. The molecule has 3 aromatic rings. The highest BCUT2D eigenvalue weighted by Crippen LogP contribution is 2.32. The van der Waals surface area contributed by atoms with Gasteiger partial charge in [0.05, 0.1) is 29.4 Å². The van der Waals surface area contributed by atoms with Crippen LogP contribution in [0.1, 0.15) is 29.3 Å². The number of alkyl halides is 2. The van der Waals surface area contributed by atoms with E-state index in [0.29, 0.717) is 32.7 Å². The van der Waals surface area contributed by atoms with Crippen LogP contribution in [0.5, 0.6) is 0 Å². The molecule has 2 aromatic carbocycles. The third-order valence-electron chi connectivity index (χ3n) is 4.36. The molecule has 0 unspecified atom stereocenters. The zero-order valence-electron chi connectivity index (χ0n) is 15.2. The molecule has 1 heterocycles. The molecule has 8 heteroatoms. The van der Waals surface area contributed by atoms with Gasteiger partial charge in [-0.3, -0.25) is 9.48 Å². The van der Waals surface area contributed by atoms with E-state index in [0.717, 1.165) is 6.92 Å². The van der Waals surface area contributed by atoms with Crippen LogP contribution in [0, 0.1) is 18.3 Å². The minimum atomic E-state index is -3.34. The van der Waals surface area contributed by atoms with Crippen molar-refractivity contribution in [2.45, 2.75) is 26.3 Å². The number of aryl methyl sites for hydroxylation is 1. The Balaban J connectivity index is 2.05. The number of nitriles is 1. The van der Waals surface area contributed by atoms with E-state index in [1.165, 1.54) is 16.8 Å². The number of ether oxygens (including phenoxy) is 1. The van der Waals surface area contributed by atoms with Crippen molar-refractivity contribution < 1.29 is 18.3 Å². The molecule has 0 saturated heterocycles. The molecule has 1 aromatic heterocycles. The van der Waals surface area contributed by atoms with Gasteiger partial charge in [0.15, 0.2) is 6.61 Å². The molecule has 0 aliphatic rings. The van der Waals surface area contributed by atoms with Gasteiger partial charge >= 0.3 is 11.9 Å². The van der Waals surface area contributed by atoms with Crippen molar-refractivity contribution in [3.63, 3.8) is 0 Å². The van der Waals surface area contributed by atoms with Crippen molar-refractivity contribution in [3.8, 4) is 6.07 Å². The molecule has 0 aliphatic carbocycles. The van der Waals surface area contributed by atoms with Gasteiger partial charge in [-0.25, -0.2) is 0 Å². The van der Waals surface area contributed by atoms with Crippen LogP contribution in [0.15, 0.2) is 36.4 Å². The Labute approximate surface area is 165 Å². The zero-order valence-corrected chi connectivity index (χ0v) is 15.9. The predicted octanol–water partition coefficient (Wildman–Crippen LogP) is 4.57. The summed E-state index contributed by atoms with van der Waals surface area (Å²) in [6.45, 7) is 1.97. The van der Waals surface area contributed by atoms with Crippen LogP contribution in [-0.2, 0) is 22.0 Å². The van der Waals surface area contributed by atoms with Gasteiger partial charge in [-0.05, 0) is 25.1 Å². The Hall–Kier alpha value is -2.98. The molecule has 0 radical (unpaired) electrons. The van der Waals surface area contributed by atoms with Crippen LogP contribution in [0.3, 0.4) is 0 Å². The van der Waals surface area contributed by atoms with Crippen molar-refractivity contribution in [1.29, 1.82) is 5.26 Å². The first-order chi connectivity index (χ1) is 13.2. The van der Waals surface area contributed by atoms with E-state index in [4.69, 9.17) is 11.6 Å². The van der Waals surface area contributed by atoms with Crippen molar-refractivity contribution in [3.05, 3.63) is 63.8 Å². The van der Waals surface area contributed by atoms with Gasteiger partial charge in [0.1, 0.15) is 0 Å². The summed E-state index contributed by atoms with van der Waals surface area (Å²) >= 11 is 6.23. The summed E-state index contributed by atoms with van der Waals surface area (Å²) in [6, 6.07) is 11.2. The standard InChI is InChI=1S/C20H16ClF2N3O2/c1-12-16-7-6-15(20(22,23)11-28-13(2)27)8-19(16)26(25-12)10-17-14(9-24)4-3-5-18(17)21/h3-8H,10-11H2,1-2H3. The quantitative estimate of drug-likeness (QED) is 0.585. The molecule has 3 rings (SSSR count). The molecule has 28 heavy (non-hydrogen) atoms. The van der Waals surface area contributed by atoms with Crippen LogP contribution < -0.4 is 0 Å². The minimum Gasteiger partial charge on any atom is -0.459 e. The van der Waals surface area contributed by atoms with Gasteiger partial charge in [0.2, 0.25) is 0 Å². The third-order valence-corrected chi connectivity index (χ3v) is 4.72. The molecule has 0 spiro atoms. The number of esters is 1. The van der Waals surface area contributed by atoms with Crippen molar-refractivity contribution >= 4 is 28.5 Å². The van der Waals surface area contributed by atoms with E-state index in [1.54, 1.807) is 31.2 Å². The first-order valence-electron chi connectivity index (χ1n) is 8.39. The monoisotopic (exact) mass is 403 g/mol. The molecule has 144 valence electrons. The fourth-order valence-corrected chi connectivity index (χ4v) is 3.17. The average Bonchev–Trinajstić information content (AvgIpc) is 2.97. The van der Waals surface area contributed by atoms with E-state index in [-0.39, 0.29) is 12.1 Å². The lowest BCUT2D eigenvalue weighted by Gasteiger charge is -2.17. The number of carbonyl (C=O) groups excluding carboxylic acids is 1. The van der Waals surface area contributed by atoms with Crippen molar-refractivity contribution in [2.24, 2.45) is 0 Å². The number of fused-ring (bicyclic) bond motifs is 1. The van der Waals surface area contributed by atoms with Crippen LogP contribution in [-0.4, -0.2) is 22.4 Å². The second kappa shape index (κ2) is 7.56. The van der Waals surface area contributed by atoms with E-state index < -0.39 is 18.5 Å². The number of rotatable bonds is 5. The van der Waals surface area contributed by atoms with Gasteiger partial charge in [-0.1, -0.05) is 29.8 Å². The minimum absolute atomic E-state index is 0.159. The van der Waals surface area contributed by atoms with E-state index in [9.17, 15) is 18.8 Å². The molecular formula is C20H16ClF2N3O2. The van der Waals surface area contributed by atoms with Crippen molar-refractivity contribution in [1.82, 2.24) is 9.78 Å². The molecule has 0 N–H and O–H groups in total. The fraction of sp³-hybridized carbons (Fsp3) is 0.250. The maximum atomic E-state index is 14.4. The second-order valence-electron chi connectivity index (χ2n) is 6.34. The number of halogens is 3. The topological polar surface area (TPSA) is 67.9 Å². The first kappa shape index (κ1) is 19.8. The third kappa shape index (κ3) is 3.82. The molecule has 0 bridgehead atoms. The number of carbonyl (C=O) groups is 1. The highest BCUT2D eigenvalue weighted by molar-refractivity contribution is 6.31. The van der Waals surface area contributed by atoms with Crippen molar-refractivity contribution in [2.75, 3.05) is 6.61 Å². The molecule has 5 nitrogen and oxygen atoms in total. The van der Waals surface area contributed by atoms with Gasteiger partial charge in [0.25, 0.3) is 0 Å². The molecule has 0 aliphatic heterocycles. The predicted molar refractivity (Wildman–Crippen MR) is 100 cm³/mol. The zero-order chi connectivity index (χ0) is 20.5. The molecular weight excluding hydrogens is 388 g/mol. The number of hydrogen-bond acceptors (Lipinski definition) is 4. The van der Waals surface area contributed by atoms with Gasteiger partial charge in [-0.2, -0.15) is 19.1 Å². The summed E-state index contributed by atoms with van der Waals surface area (Å²) in [5.41, 5.74) is 1.80. The maximum absolute atomic E-state index is 14.4.